The zero-order valence-corrected chi connectivity index (χ0v) is 14.4. The Morgan fingerprint density at radius 3 is 2.39 bits per heavy atom. The van der Waals surface area contributed by atoms with Crippen molar-refractivity contribution in [2.75, 3.05) is 38.1 Å². The largest absolute Gasteiger partial charge is 0.354 e. The summed E-state index contributed by atoms with van der Waals surface area (Å²) in [6, 6.07) is 5.73. The van der Waals surface area contributed by atoms with E-state index in [1.54, 1.807) is 0 Å². The summed E-state index contributed by atoms with van der Waals surface area (Å²) < 4.78 is 0. The number of quaternary nitrogens is 1. The molecule has 0 aliphatic carbocycles. The van der Waals surface area contributed by atoms with E-state index in [2.05, 4.69) is 7.05 Å². The number of benzene rings is 1. The fourth-order valence-electron chi connectivity index (χ4n) is 3.06. The van der Waals surface area contributed by atoms with Gasteiger partial charge in [-0.1, -0.05) is 23.7 Å². The molecule has 5 nitrogen and oxygen atoms in total. The van der Waals surface area contributed by atoms with Crippen LogP contribution in [-0.4, -0.2) is 49.9 Å². The fraction of sp³-hybridized carbons (Fsp3) is 0.412. The molecule has 2 aliphatic rings. The van der Waals surface area contributed by atoms with E-state index in [9.17, 15) is 9.59 Å². The first-order valence-corrected chi connectivity index (χ1v) is 8.20. The van der Waals surface area contributed by atoms with Crippen LogP contribution in [0.15, 0.2) is 28.9 Å². The van der Waals surface area contributed by atoms with Crippen LogP contribution in [0.2, 0.25) is 0 Å². The summed E-state index contributed by atoms with van der Waals surface area (Å²) >= 11 is 6.25. The van der Waals surface area contributed by atoms with Gasteiger partial charge in [0, 0.05) is 0 Å². The monoisotopic (exact) mass is 334 g/mol. The molecule has 1 N–H and O–H groups in total. The number of nitrogens with one attached hydrogen (secondary N) is 1. The number of rotatable bonds is 2. The minimum absolute atomic E-state index is 0.0375. The van der Waals surface area contributed by atoms with E-state index in [0.717, 1.165) is 37.3 Å². The highest BCUT2D eigenvalue weighted by Gasteiger charge is 2.42. The Morgan fingerprint density at radius 1 is 1.09 bits per heavy atom. The van der Waals surface area contributed by atoms with Crippen LogP contribution in [0.3, 0.4) is 0 Å². The number of aryl methyl sites for hydroxylation is 2. The average molecular weight is 335 g/mol. The van der Waals surface area contributed by atoms with E-state index in [4.69, 9.17) is 11.6 Å². The first-order chi connectivity index (χ1) is 10.9. The van der Waals surface area contributed by atoms with E-state index >= 15 is 0 Å². The summed E-state index contributed by atoms with van der Waals surface area (Å²) in [7, 11) is 2.12. The van der Waals surface area contributed by atoms with Crippen molar-refractivity contribution in [2.24, 2.45) is 0 Å². The van der Waals surface area contributed by atoms with Gasteiger partial charge in [-0.3, -0.25) is 9.59 Å². The van der Waals surface area contributed by atoms with Gasteiger partial charge < -0.3 is 9.80 Å². The number of anilines is 1. The maximum Gasteiger partial charge on any atom is 0.283 e. The molecule has 0 bridgehead atoms. The Morgan fingerprint density at radius 2 is 1.74 bits per heavy atom. The molecule has 0 atom stereocenters. The first-order valence-electron chi connectivity index (χ1n) is 7.82. The zero-order chi connectivity index (χ0) is 16.7. The van der Waals surface area contributed by atoms with Crippen LogP contribution in [-0.2, 0) is 9.59 Å². The van der Waals surface area contributed by atoms with Crippen LogP contribution in [0, 0.1) is 13.8 Å². The van der Waals surface area contributed by atoms with Crippen molar-refractivity contribution in [1.82, 2.24) is 4.90 Å². The Hall–Kier alpha value is -1.85. The van der Waals surface area contributed by atoms with Crippen molar-refractivity contribution in [1.29, 1.82) is 0 Å². The molecule has 1 saturated heterocycles. The number of piperazine rings is 1. The van der Waals surface area contributed by atoms with Gasteiger partial charge in [-0.15, -0.1) is 0 Å². The van der Waals surface area contributed by atoms with Gasteiger partial charge in [-0.25, -0.2) is 4.90 Å². The van der Waals surface area contributed by atoms with Crippen LogP contribution in [0.4, 0.5) is 5.69 Å². The Kier molecular flexibility index (Phi) is 4.17. The molecular weight excluding hydrogens is 314 g/mol. The molecule has 2 amide bonds. The predicted molar refractivity (Wildman–Crippen MR) is 89.5 cm³/mol. The molecule has 0 aromatic heterocycles. The zero-order valence-electron chi connectivity index (χ0n) is 13.6. The number of imide groups is 1. The lowest BCUT2D eigenvalue weighted by Gasteiger charge is -2.32. The quantitative estimate of drug-likeness (QED) is 0.799. The molecule has 0 saturated carbocycles. The van der Waals surface area contributed by atoms with Crippen LogP contribution in [0.5, 0.6) is 0 Å². The highest BCUT2D eigenvalue weighted by molar-refractivity contribution is 6.52. The normalized spacial score (nSPS) is 20.0. The van der Waals surface area contributed by atoms with Gasteiger partial charge >= 0.3 is 0 Å². The van der Waals surface area contributed by atoms with Crippen molar-refractivity contribution in [3.8, 4) is 0 Å². The fourth-order valence-corrected chi connectivity index (χ4v) is 3.34. The molecule has 6 heteroatoms. The molecule has 0 unspecified atom stereocenters. The Bertz CT molecular complexity index is 706. The van der Waals surface area contributed by atoms with Crippen LogP contribution in [0.25, 0.3) is 0 Å². The van der Waals surface area contributed by atoms with E-state index < -0.39 is 5.91 Å². The molecule has 0 radical (unpaired) electrons. The summed E-state index contributed by atoms with van der Waals surface area (Å²) in [5.74, 6) is -0.736. The second kappa shape index (κ2) is 5.98. The third-order valence-electron chi connectivity index (χ3n) is 4.54. The number of amides is 2. The lowest BCUT2D eigenvalue weighted by Crippen LogP contribution is -3.11. The highest BCUT2D eigenvalue weighted by atomic mass is 35.5. The molecular formula is C17H21ClN3O2+. The summed E-state index contributed by atoms with van der Waals surface area (Å²) in [6.45, 7) is 7.15. The van der Waals surface area contributed by atoms with Gasteiger partial charge in [0.25, 0.3) is 11.8 Å². The Balaban J connectivity index is 1.94. The van der Waals surface area contributed by atoms with Crippen LogP contribution in [0.1, 0.15) is 11.1 Å². The van der Waals surface area contributed by atoms with Gasteiger partial charge in [-0.05, 0) is 31.0 Å². The number of hydrogen-bond acceptors (Lipinski definition) is 3. The highest BCUT2D eigenvalue weighted by Crippen LogP contribution is 2.33. The number of hydrogen-bond donors (Lipinski definition) is 1. The maximum absolute atomic E-state index is 12.9. The number of nitrogens with zero attached hydrogens (tertiary/aromatic N) is 2. The summed E-state index contributed by atoms with van der Waals surface area (Å²) in [5.41, 5.74) is 2.85. The number of halogens is 1. The van der Waals surface area contributed by atoms with Crippen molar-refractivity contribution in [2.45, 2.75) is 13.8 Å². The van der Waals surface area contributed by atoms with Crippen molar-refractivity contribution in [3.63, 3.8) is 0 Å². The molecule has 3 rings (SSSR count). The minimum Gasteiger partial charge on any atom is -0.354 e. The molecule has 2 heterocycles. The van der Waals surface area contributed by atoms with Gasteiger partial charge in [0.05, 0.1) is 38.9 Å². The third-order valence-corrected chi connectivity index (χ3v) is 4.88. The van der Waals surface area contributed by atoms with Crippen molar-refractivity contribution in [3.05, 3.63) is 40.1 Å². The van der Waals surface area contributed by atoms with Crippen molar-refractivity contribution >= 4 is 29.1 Å². The van der Waals surface area contributed by atoms with Gasteiger partial charge in [0.1, 0.15) is 10.7 Å². The average Bonchev–Trinajstić information content (AvgIpc) is 2.73. The van der Waals surface area contributed by atoms with Gasteiger partial charge in [0.15, 0.2) is 0 Å². The summed E-state index contributed by atoms with van der Waals surface area (Å²) in [5, 5.41) is 0.0375. The maximum atomic E-state index is 12.9. The first kappa shape index (κ1) is 16.0. The SMILES string of the molecule is Cc1ccc(C)c(N2C(=O)C(Cl)=C(N3CC[NH+](C)CC3)C2=O)c1. The molecule has 1 aromatic rings. The van der Waals surface area contributed by atoms with Gasteiger partial charge in [0.2, 0.25) is 0 Å². The molecule has 23 heavy (non-hydrogen) atoms. The van der Waals surface area contributed by atoms with Crippen molar-refractivity contribution < 1.29 is 14.5 Å². The summed E-state index contributed by atoms with van der Waals surface area (Å²) in [4.78, 5) is 30.0. The molecule has 1 aromatic carbocycles. The second-order valence-electron chi connectivity index (χ2n) is 6.34. The molecule has 2 aliphatic heterocycles. The van der Waals surface area contributed by atoms with E-state index in [0.29, 0.717) is 11.4 Å². The number of likely N-dealkylation sites (N-methyl/N-ethyl adjacent to an activating group) is 1. The standard InChI is InChI=1S/C17H20ClN3O2/c1-11-4-5-12(2)13(10-11)21-16(22)14(18)15(17(21)23)20-8-6-19(3)7-9-20/h4-5,10H,6-9H2,1-3H3/p+1. The smallest absolute Gasteiger partial charge is 0.283 e. The van der Waals surface area contributed by atoms with E-state index in [1.807, 2.05) is 36.9 Å². The second-order valence-corrected chi connectivity index (χ2v) is 6.72. The summed E-state index contributed by atoms with van der Waals surface area (Å²) in [6.07, 6.45) is 0. The minimum atomic E-state index is -0.424. The lowest BCUT2D eigenvalue weighted by molar-refractivity contribution is -0.883. The van der Waals surface area contributed by atoms with Gasteiger partial charge in [-0.2, -0.15) is 0 Å². The molecule has 1 fully saturated rings. The molecule has 0 spiro atoms. The van der Waals surface area contributed by atoms with Crippen LogP contribution >= 0.6 is 11.6 Å². The predicted octanol–water partition coefficient (Wildman–Crippen LogP) is 0.457. The number of carbonyl (C=O) groups excluding carboxylic acids is 2. The Labute approximate surface area is 141 Å². The van der Waals surface area contributed by atoms with E-state index in [1.165, 1.54) is 9.80 Å². The topological polar surface area (TPSA) is 45.1 Å². The lowest BCUT2D eigenvalue weighted by atomic mass is 10.1. The van der Waals surface area contributed by atoms with E-state index in [-0.39, 0.29) is 10.9 Å². The molecule has 122 valence electrons. The third kappa shape index (κ3) is 2.75. The number of carbonyl (C=O) groups is 2. The van der Waals surface area contributed by atoms with Crippen LogP contribution < -0.4 is 9.80 Å².